The molecule has 1 aromatic carbocycles. The lowest BCUT2D eigenvalue weighted by atomic mass is 9.67. The highest BCUT2D eigenvalue weighted by Gasteiger charge is 2.49. The lowest BCUT2D eigenvalue weighted by Gasteiger charge is -2.50. The molecule has 26 heavy (non-hydrogen) atoms. The van der Waals surface area contributed by atoms with E-state index in [1.54, 1.807) is 0 Å². The van der Waals surface area contributed by atoms with Gasteiger partial charge in [0, 0.05) is 19.1 Å². The molecule has 0 radical (unpaired) electrons. The Balaban J connectivity index is 1.51. The highest BCUT2D eigenvalue weighted by molar-refractivity contribution is 5.85. The number of piperidine rings is 2. The van der Waals surface area contributed by atoms with Crippen LogP contribution in [0.3, 0.4) is 0 Å². The maximum Gasteiger partial charge on any atom is 0.230 e. The number of benzene rings is 1. The number of hydrogen-bond acceptors (Lipinski definition) is 2. The Labute approximate surface area is 158 Å². The summed E-state index contributed by atoms with van der Waals surface area (Å²) in [5.41, 5.74) is 2.94. The van der Waals surface area contributed by atoms with E-state index in [2.05, 4.69) is 54.0 Å². The van der Waals surface area contributed by atoms with Gasteiger partial charge in [-0.15, -0.1) is 0 Å². The fourth-order valence-electron chi connectivity index (χ4n) is 4.75. The Hall–Kier alpha value is -1.61. The number of rotatable bonds is 4. The number of nitrogens with zero attached hydrogens (tertiary/aromatic N) is 2. The molecule has 3 nitrogen and oxygen atoms in total. The summed E-state index contributed by atoms with van der Waals surface area (Å²) in [6, 6.07) is 11.0. The Morgan fingerprint density at radius 2 is 1.85 bits per heavy atom. The van der Waals surface area contributed by atoms with Crippen molar-refractivity contribution in [3.05, 3.63) is 47.5 Å². The van der Waals surface area contributed by atoms with Crippen molar-refractivity contribution in [3.63, 3.8) is 0 Å². The molecule has 3 fully saturated rings. The van der Waals surface area contributed by atoms with E-state index in [1.165, 1.54) is 36.8 Å². The molecule has 2 saturated heterocycles. The van der Waals surface area contributed by atoms with Crippen LogP contribution in [0.1, 0.15) is 57.4 Å². The van der Waals surface area contributed by atoms with Crippen molar-refractivity contribution in [1.82, 2.24) is 9.80 Å². The Bertz CT molecular complexity index is 665. The van der Waals surface area contributed by atoms with Gasteiger partial charge in [-0.2, -0.15) is 0 Å². The Morgan fingerprint density at radius 1 is 1.15 bits per heavy atom. The van der Waals surface area contributed by atoms with Gasteiger partial charge in [-0.3, -0.25) is 9.69 Å². The third kappa shape index (κ3) is 3.73. The van der Waals surface area contributed by atoms with Gasteiger partial charge in [0.2, 0.25) is 5.91 Å². The summed E-state index contributed by atoms with van der Waals surface area (Å²) < 4.78 is 0. The highest BCUT2D eigenvalue weighted by Crippen LogP contribution is 2.48. The lowest BCUT2D eigenvalue weighted by Crippen LogP contribution is -2.54. The maximum atomic E-state index is 13.2. The normalized spacial score (nSPS) is 26.2. The van der Waals surface area contributed by atoms with Crippen LogP contribution in [-0.2, 0) is 4.79 Å². The number of likely N-dealkylation sites (tertiary alicyclic amines) is 2. The summed E-state index contributed by atoms with van der Waals surface area (Å²) in [7, 11) is 0. The zero-order valence-corrected chi connectivity index (χ0v) is 16.3. The second-order valence-electron chi connectivity index (χ2n) is 8.95. The summed E-state index contributed by atoms with van der Waals surface area (Å²) in [6.07, 6.45) is 8.24. The van der Waals surface area contributed by atoms with Crippen molar-refractivity contribution >= 4 is 5.91 Å². The Morgan fingerprint density at radius 3 is 2.46 bits per heavy atom. The SMILES string of the molecule is CC(C)=CCN1CCC2(CC1)C[C@H](c1ccccc1)C(=O)N(C1CC1)C2. The molecule has 3 aliphatic rings. The van der Waals surface area contributed by atoms with E-state index < -0.39 is 0 Å². The molecule has 2 aliphatic heterocycles. The second-order valence-corrected chi connectivity index (χ2v) is 8.95. The second kappa shape index (κ2) is 7.19. The van der Waals surface area contributed by atoms with Crippen LogP contribution in [0, 0.1) is 5.41 Å². The van der Waals surface area contributed by atoms with Crippen LogP contribution in [0.25, 0.3) is 0 Å². The van der Waals surface area contributed by atoms with Crippen LogP contribution in [0.5, 0.6) is 0 Å². The molecule has 4 rings (SSSR count). The van der Waals surface area contributed by atoms with Gasteiger partial charge < -0.3 is 4.90 Å². The molecule has 2 heterocycles. The lowest BCUT2D eigenvalue weighted by molar-refractivity contribution is -0.142. The van der Waals surface area contributed by atoms with E-state index in [0.29, 0.717) is 17.4 Å². The summed E-state index contributed by atoms with van der Waals surface area (Å²) in [6.45, 7) is 8.75. The molecule has 1 saturated carbocycles. The molecule has 0 N–H and O–H groups in total. The van der Waals surface area contributed by atoms with Gasteiger partial charge in [0.05, 0.1) is 5.92 Å². The average Bonchev–Trinajstić information content (AvgIpc) is 3.49. The fraction of sp³-hybridized carbons (Fsp3) is 0.609. The third-order valence-corrected chi connectivity index (χ3v) is 6.59. The first-order valence-corrected chi connectivity index (χ1v) is 10.3. The predicted octanol–water partition coefficient (Wildman–Crippen LogP) is 4.21. The van der Waals surface area contributed by atoms with Crippen LogP contribution in [0.2, 0.25) is 0 Å². The minimum Gasteiger partial charge on any atom is -0.339 e. The van der Waals surface area contributed by atoms with Crippen LogP contribution >= 0.6 is 0 Å². The zero-order valence-electron chi connectivity index (χ0n) is 16.3. The van der Waals surface area contributed by atoms with E-state index in [0.717, 1.165) is 32.6 Å². The van der Waals surface area contributed by atoms with Crippen molar-refractivity contribution in [2.24, 2.45) is 5.41 Å². The molecule has 0 bridgehead atoms. The molecule has 1 atom stereocenters. The molecule has 0 aromatic heterocycles. The Kier molecular flexibility index (Phi) is 4.92. The molecule has 0 unspecified atom stereocenters. The van der Waals surface area contributed by atoms with E-state index >= 15 is 0 Å². The van der Waals surface area contributed by atoms with Gasteiger partial charge in [0.15, 0.2) is 0 Å². The first-order valence-electron chi connectivity index (χ1n) is 10.3. The van der Waals surface area contributed by atoms with Crippen molar-refractivity contribution in [2.45, 2.75) is 57.9 Å². The first-order chi connectivity index (χ1) is 12.6. The maximum absolute atomic E-state index is 13.2. The van der Waals surface area contributed by atoms with Crippen LogP contribution in [0.4, 0.5) is 0 Å². The molecule has 3 heteroatoms. The van der Waals surface area contributed by atoms with Crippen LogP contribution in [0.15, 0.2) is 42.0 Å². The van der Waals surface area contributed by atoms with Gasteiger partial charge in [-0.1, -0.05) is 42.0 Å². The number of carbonyl (C=O) groups is 1. The molecular weight excluding hydrogens is 320 g/mol. The summed E-state index contributed by atoms with van der Waals surface area (Å²) in [5.74, 6) is 0.450. The van der Waals surface area contributed by atoms with Crippen molar-refractivity contribution < 1.29 is 4.79 Å². The number of amides is 1. The molecular formula is C23H32N2O. The molecule has 140 valence electrons. The number of carbonyl (C=O) groups excluding carboxylic acids is 1. The molecule has 1 amide bonds. The van der Waals surface area contributed by atoms with E-state index in [1.807, 2.05) is 6.07 Å². The molecule has 1 spiro atoms. The van der Waals surface area contributed by atoms with Crippen molar-refractivity contribution in [3.8, 4) is 0 Å². The predicted molar refractivity (Wildman–Crippen MR) is 106 cm³/mol. The third-order valence-electron chi connectivity index (χ3n) is 6.59. The molecule has 1 aliphatic carbocycles. The van der Waals surface area contributed by atoms with Crippen LogP contribution < -0.4 is 0 Å². The monoisotopic (exact) mass is 352 g/mol. The van der Waals surface area contributed by atoms with Gasteiger partial charge >= 0.3 is 0 Å². The minimum atomic E-state index is 0.0647. The smallest absolute Gasteiger partial charge is 0.230 e. The van der Waals surface area contributed by atoms with E-state index in [9.17, 15) is 4.79 Å². The quantitative estimate of drug-likeness (QED) is 0.758. The fourth-order valence-corrected chi connectivity index (χ4v) is 4.75. The van der Waals surface area contributed by atoms with Gasteiger partial charge in [0.1, 0.15) is 0 Å². The zero-order chi connectivity index (χ0) is 18.1. The minimum absolute atomic E-state index is 0.0647. The average molecular weight is 353 g/mol. The number of allylic oxidation sites excluding steroid dienone is 1. The van der Waals surface area contributed by atoms with Gasteiger partial charge in [0.25, 0.3) is 0 Å². The summed E-state index contributed by atoms with van der Waals surface area (Å²) >= 11 is 0. The van der Waals surface area contributed by atoms with Crippen molar-refractivity contribution in [1.29, 1.82) is 0 Å². The molecule has 1 aromatic rings. The number of hydrogen-bond donors (Lipinski definition) is 0. The summed E-state index contributed by atoms with van der Waals surface area (Å²) in [4.78, 5) is 18.0. The standard InChI is InChI=1S/C23H32N2O/c1-18(2)10-13-24-14-11-23(12-15-24)16-21(19-6-4-3-5-7-19)22(26)25(17-23)20-8-9-20/h3-7,10,20-21H,8-9,11-17H2,1-2H3/t21-/m1/s1. The van der Waals surface area contributed by atoms with Gasteiger partial charge in [-0.25, -0.2) is 0 Å². The topological polar surface area (TPSA) is 23.6 Å². The van der Waals surface area contributed by atoms with Gasteiger partial charge in [-0.05, 0) is 70.0 Å². The summed E-state index contributed by atoms with van der Waals surface area (Å²) in [5, 5.41) is 0. The largest absolute Gasteiger partial charge is 0.339 e. The van der Waals surface area contributed by atoms with Crippen molar-refractivity contribution in [2.75, 3.05) is 26.2 Å². The van der Waals surface area contributed by atoms with Crippen LogP contribution in [-0.4, -0.2) is 47.9 Å². The highest BCUT2D eigenvalue weighted by atomic mass is 16.2. The van der Waals surface area contributed by atoms with E-state index in [-0.39, 0.29) is 5.92 Å². The van der Waals surface area contributed by atoms with E-state index in [4.69, 9.17) is 0 Å². The first kappa shape index (κ1) is 17.8.